The molecule has 0 radical (unpaired) electrons. The van der Waals surface area contributed by atoms with Gasteiger partial charge in [-0.1, -0.05) is 12.8 Å². The van der Waals surface area contributed by atoms with Gasteiger partial charge in [-0.25, -0.2) is 0 Å². The van der Waals surface area contributed by atoms with Crippen molar-refractivity contribution in [1.29, 1.82) is 0 Å². The Bertz CT molecular complexity index is 507. The van der Waals surface area contributed by atoms with Gasteiger partial charge >= 0.3 is 0 Å². The molecule has 1 fully saturated rings. The molecule has 1 aliphatic carbocycles. The van der Waals surface area contributed by atoms with Crippen LogP contribution >= 0.6 is 0 Å². The van der Waals surface area contributed by atoms with Crippen LogP contribution in [0.1, 0.15) is 43.0 Å². The number of nitrogens with zero attached hydrogens (tertiary/aromatic N) is 2. The predicted octanol–water partition coefficient (Wildman–Crippen LogP) is 3.18. The van der Waals surface area contributed by atoms with Gasteiger partial charge in [0.1, 0.15) is 0 Å². The van der Waals surface area contributed by atoms with E-state index >= 15 is 0 Å². The van der Waals surface area contributed by atoms with Crippen LogP contribution < -0.4 is 4.90 Å². The van der Waals surface area contributed by atoms with Crippen molar-refractivity contribution in [1.82, 2.24) is 0 Å². The molecule has 102 valence electrons. The number of nitro benzene ring substituents is 1. The topological polar surface area (TPSA) is 63.5 Å². The summed E-state index contributed by atoms with van der Waals surface area (Å²) in [5, 5.41) is 11.1. The maximum Gasteiger partial charge on any atom is 0.282 e. The third-order valence-corrected chi connectivity index (χ3v) is 3.84. The lowest BCUT2D eigenvalue weighted by atomic mass is 10.1. The van der Waals surface area contributed by atoms with Crippen LogP contribution in [-0.4, -0.2) is 23.8 Å². The van der Waals surface area contributed by atoms with Gasteiger partial charge in [0.25, 0.3) is 5.69 Å². The molecule has 0 heterocycles. The SMILES string of the molecule is CC(=O)c1ccc(N(C)C2CCCC2)cc1[N+](=O)[O-]. The highest BCUT2D eigenvalue weighted by atomic mass is 16.6. The second kappa shape index (κ2) is 5.38. The van der Waals surface area contributed by atoms with Crippen molar-refractivity contribution in [3.8, 4) is 0 Å². The van der Waals surface area contributed by atoms with Crippen LogP contribution in [0.4, 0.5) is 11.4 Å². The van der Waals surface area contributed by atoms with Gasteiger partial charge in [0, 0.05) is 24.8 Å². The molecular formula is C14H18N2O3. The van der Waals surface area contributed by atoms with E-state index in [1.54, 1.807) is 12.1 Å². The van der Waals surface area contributed by atoms with Gasteiger partial charge in [-0.05, 0) is 31.9 Å². The summed E-state index contributed by atoms with van der Waals surface area (Å²) in [6, 6.07) is 5.31. The van der Waals surface area contributed by atoms with Gasteiger partial charge in [0.15, 0.2) is 5.78 Å². The summed E-state index contributed by atoms with van der Waals surface area (Å²) in [6.45, 7) is 1.35. The average molecular weight is 262 g/mol. The Morgan fingerprint density at radius 2 is 2.00 bits per heavy atom. The van der Waals surface area contributed by atoms with E-state index in [4.69, 9.17) is 0 Å². The maximum absolute atomic E-state index is 11.4. The van der Waals surface area contributed by atoms with Gasteiger partial charge in [0.2, 0.25) is 0 Å². The highest BCUT2D eigenvalue weighted by Crippen LogP contribution is 2.30. The largest absolute Gasteiger partial charge is 0.371 e. The predicted molar refractivity (Wildman–Crippen MR) is 73.8 cm³/mol. The first kappa shape index (κ1) is 13.5. The van der Waals surface area contributed by atoms with Gasteiger partial charge in [0.05, 0.1) is 10.5 Å². The minimum atomic E-state index is -0.483. The molecule has 0 amide bonds. The summed E-state index contributed by atoms with van der Waals surface area (Å²) in [7, 11) is 1.96. The molecule has 0 aliphatic heterocycles. The Morgan fingerprint density at radius 1 is 1.37 bits per heavy atom. The van der Waals surface area contributed by atoms with Gasteiger partial charge < -0.3 is 4.90 Å². The Hall–Kier alpha value is -1.91. The summed E-state index contributed by atoms with van der Waals surface area (Å²) < 4.78 is 0. The molecule has 1 aromatic rings. The molecule has 2 rings (SSSR count). The van der Waals surface area contributed by atoms with Gasteiger partial charge in [-0.3, -0.25) is 14.9 Å². The summed E-state index contributed by atoms with van der Waals surface area (Å²) in [5.41, 5.74) is 0.881. The Labute approximate surface area is 112 Å². The van der Waals surface area contributed by atoms with Crippen molar-refractivity contribution >= 4 is 17.2 Å². The molecule has 19 heavy (non-hydrogen) atoms. The second-order valence-electron chi connectivity index (χ2n) is 5.06. The lowest BCUT2D eigenvalue weighted by molar-refractivity contribution is -0.385. The number of rotatable bonds is 4. The highest BCUT2D eigenvalue weighted by molar-refractivity contribution is 5.98. The first-order valence-corrected chi connectivity index (χ1v) is 6.53. The number of carbonyl (C=O) groups is 1. The molecular weight excluding hydrogens is 244 g/mol. The Kier molecular flexibility index (Phi) is 3.83. The summed E-state index contributed by atoms with van der Waals surface area (Å²) in [5.74, 6) is -0.276. The zero-order valence-corrected chi connectivity index (χ0v) is 11.3. The molecule has 0 spiro atoms. The number of benzene rings is 1. The molecule has 0 saturated heterocycles. The van der Waals surface area contributed by atoms with Crippen LogP contribution in [0, 0.1) is 10.1 Å². The lowest BCUT2D eigenvalue weighted by Crippen LogP contribution is -2.28. The van der Waals surface area contributed by atoms with E-state index < -0.39 is 4.92 Å². The zero-order valence-electron chi connectivity index (χ0n) is 11.3. The number of carbonyl (C=O) groups excluding carboxylic acids is 1. The first-order valence-electron chi connectivity index (χ1n) is 6.53. The first-order chi connectivity index (χ1) is 9.00. The third kappa shape index (κ3) is 2.75. The summed E-state index contributed by atoms with van der Waals surface area (Å²) in [6.07, 6.45) is 4.67. The summed E-state index contributed by atoms with van der Waals surface area (Å²) in [4.78, 5) is 24.1. The highest BCUT2D eigenvalue weighted by Gasteiger charge is 2.23. The third-order valence-electron chi connectivity index (χ3n) is 3.84. The van der Waals surface area contributed by atoms with Gasteiger partial charge in [-0.15, -0.1) is 0 Å². The van der Waals surface area contributed by atoms with Crippen LogP contribution in [0.2, 0.25) is 0 Å². The number of anilines is 1. The molecule has 0 bridgehead atoms. The molecule has 0 aromatic heterocycles. The van der Waals surface area contributed by atoms with Crippen molar-refractivity contribution in [3.05, 3.63) is 33.9 Å². The molecule has 5 heteroatoms. The van der Waals surface area contributed by atoms with Crippen LogP contribution in [0.5, 0.6) is 0 Å². The second-order valence-corrected chi connectivity index (χ2v) is 5.06. The molecule has 1 saturated carbocycles. The summed E-state index contributed by atoms with van der Waals surface area (Å²) >= 11 is 0. The number of nitro groups is 1. The monoisotopic (exact) mass is 262 g/mol. The van der Waals surface area contributed by atoms with Crippen molar-refractivity contribution < 1.29 is 9.72 Å². The fourth-order valence-corrected chi connectivity index (χ4v) is 2.69. The van der Waals surface area contributed by atoms with Crippen molar-refractivity contribution in [2.75, 3.05) is 11.9 Å². The molecule has 1 aliphatic rings. The number of ketones is 1. The number of hydrogen-bond donors (Lipinski definition) is 0. The quantitative estimate of drug-likeness (QED) is 0.475. The number of hydrogen-bond acceptors (Lipinski definition) is 4. The van der Waals surface area contributed by atoms with E-state index in [1.807, 2.05) is 7.05 Å². The van der Waals surface area contributed by atoms with Crippen LogP contribution in [0.3, 0.4) is 0 Å². The lowest BCUT2D eigenvalue weighted by Gasteiger charge is -2.26. The number of Topliss-reactive ketones (excluding diaryl/α,β-unsaturated/α-hetero) is 1. The fraction of sp³-hybridized carbons (Fsp3) is 0.500. The van der Waals surface area contributed by atoms with Gasteiger partial charge in [-0.2, -0.15) is 0 Å². The molecule has 0 atom stereocenters. The van der Waals surface area contributed by atoms with E-state index in [0.717, 1.165) is 18.5 Å². The molecule has 5 nitrogen and oxygen atoms in total. The van der Waals surface area contributed by atoms with E-state index in [9.17, 15) is 14.9 Å². The van der Waals surface area contributed by atoms with Crippen LogP contribution in [0.15, 0.2) is 18.2 Å². The van der Waals surface area contributed by atoms with Crippen LogP contribution in [0.25, 0.3) is 0 Å². The van der Waals surface area contributed by atoms with E-state index in [0.29, 0.717) is 6.04 Å². The van der Waals surface area contributed by atoms with E-state index in [-0.39, 0.29) is 17.0 Å². The zero-order chi connectivity index (χ0) is 14.0. The minimum Gasteiger partial charge on any atom is -0.371 e. The Morgan fingerprint density at radius 3 is 2.53 bits per heavy atom. The normalized spacial score (nSPS) is 15.5. The fourth-order valence-electron chi connectivity index (χ4n) is 2.69. The van der Waals surface area contributed by atoms with Crippen molar-refractivity contribution in [3.63, 3.8) is 0 Å². The Balaban J connectivity index is 2.34. The standard InChI is InChI=1S/C14H18N2O3/c1-10(17)13-8-7-12(9-14(13)16(18)19)15(2)11-5-3-4-6-11/h7-9,11H,3-6H2,1-2H3. The maximum atomic E-state index is 11.4. The average Bonchev–Trinajstić information content (AvgIpc) is 2.90. The minimum absolute atomic E-state index is 0.102. The van der Waals surface area contributed by atoms with Crippen LogP contribution in [-0.2, 0) is 0 Å². The smallest absolute Gasteiger partial charge is 0.282 e. The molecule has 0 N–H and O–H groups in total. The van der Waals surface area contributed by atoms with E-state index in [1.165, 1.54) is 25.8 Å². The molecule has 0 unspecified atom stereocenters. The van der Waals surface area contributed by atoms with Crippen molar-refractivity contribution in [2.24, 2.45) is 0 Å². The van der Waals surface area contributed by atoms with Crippen molar-refractivity contribution in [2.45, 2.75) is 38.6 Å². The van der Waals surface area contributed by atoms with E-state index in [2.05, 4.69) is 4.90 Å². The molecule has 1 aromatic carbocycles.